The van der Waals surface area contributed by atoms with Crippen LogP contribution in [0.3, 0.4) is 0 Å². The predicted octanol–water partition coefficient (Wildman–Crippen LogP) is 2.30. The molecule has 0 aromatic carbocycles. The van der Waals surface area contributed by atoms with Gasteiger partial charge >= 0.3 is 6.01 Å². The summed E-state index contributed by atoms with van der Waals surface area (Å²) in [7, 11) is 0. The van der Waals surface area contributed by atoms with Gasteiger partial charge < -0.3 is 15.4 Å². The van der Waals surface area contributed by atoms with Gasteiger partial charge in [0.05, 0.1) is 6.61 Å². The Labute approximate surface area is 109 Å². The number of ether oxygens (including phenoxy) is 1. The smallest absolute Gasteiger partial charge is 0.323 e. The molecule has 0 saturated carbocycles. The van der Waals surface area contributed by atoms with E-state index in [9.17, 15) is 0 Å². The van der Waals surface area contributed by atoms with E-state index in [0.29, 0.717) is 24.5 Å². The minimum absolute atomic E-state index is 0.104. The third-order valence-corrected chi connectivity index (χ3v) is 1.91. The zero-order chi connectivity index (χ0) is 13.6. The van der Waals surface area contributed by atoms with Crippen LogP contribution in [0.1, 0.15) is 41.0 Å². The molecule has 1 aromatic rings. The number of hydrogen-bond donors (Lipinski definition) is 2. The Morgan fingerprint density at radius 2 is 1.72 bits per heavy atom. The summed E-state index contributed by atoms with van der Waals surface area (Å²) in [6.07, 6.45) is 1.01. The van der Waals surface area contributed by atoms with Crippen molar-refractivity contribution in [3.05, 3.63) is 0 Å². The molecular weight excluding hydrogens is 230 g/mol. The van der Waals surface area contributed by atoms with Crippen LogP contribution in [0.2, 0.25) is 0 Å². The van der Waals surface area contributed by atoms with Gasteiger partial charge in [-0.2, -0.15) is 15.0 Å². The number of nitrogens with one attached hydrogen (secondary N) is 2. The Morgan fingerprint density at radius 1 is 1.06 bits per heavy atom. The fraction of sp³-hybridized carbons (Fsp3) is 0.750. The predicted molar refractivity (Wildman–Crippen MR) is 73.2 cm³/mol. The summed E-state index contributed by atoms with van der Waals surface area (Å²) >= 11 is 0. The molecule has 6 heteroatoms. The fourth-order valence-electron chi connectivity index (χ4n) is 1.26. The van der Waals surface area contributed by atoms with E-state index in [4.69, 9.17) is 4.74 Å². The Kier molecular flexibility index (Phi) is 5.12. The van der Waals surface area contributed by atoms with Crippen LogP contribution in [0.25, 0.3) is 0 Å². The molecular formula is C12H23N5O. The Balaban J connectivity index is 2.90. The Bertz CT molecular complexity index is 375. The quantitative estimate of drug-likeness (QED) is 0.810. The second-order valence-electron chi connectivity index (χ2n) is 5.00. The minimum atomic E-state index is -0.104. The van der Waals surface area contributed by atoms with Crippen molar-refractivity contribution in [2.75, 3.05) is 23.8 Å². The third kappa shape index (κ3) is 5.16. The van der Waals surface area contributed by atoms with Crippen LogP contribution in [0.4, 0.5) is 11.9 Å². The molecule has 0 unspecified atom stereocenters. The molecule has 102 valence electrons. The maximum absolute atomic E-state index is 5.34. The van der Waals surface area contributed by atoms with Gasteiger partial charge in [0.25, 0.3) is 0 Å². The molecule has 0 fully saturated rings. The van der Waals surface area contributed by atoms with E-state index in [2.05, 4.69) is 53.3 Å². The fourth-order valence-corrected chi connectivity index (χ4v) is 1.26. The first-order valence-electron chi connectivity index (χ1n) is 6.35. The van der Waals surface area contributed by atoms with Crippen molar-refractivity contribution in [1.29, 1.82) is 0 Å². The number of hydrogen-bond acceptors (Lipinski definition) is 6. The summed E-state index contributed by atoms with van der Waals surface area (Å²) < 4.78 is 5.34. The second-order valence-corrected chi connectivity index (χ2v) is 5.00. The summed E-state index contributed by atoms with van der Waals surface area (Å²) in [6, 6.07) is 0.345. The van der Waals surface area contributed by atoms with Gasteiger partial charge in [0, 0.05) is 12.1 Å². The maximum atomic E-state index is 5.34. The molecule has 1 aromatic heterocycles. The van der Waals surface area contributed by atoms with Crippen molar-refractivity contribution in [1.82, 2.24) is 15.0 Å². The molecule has 0 saturated heterocycles. The van der Waals surface area contributed by atoms with E-state index in [1.165, 1.54) is 0 Å². The van der Waals surface area contributed by atoms with Gasteiger partial charge in [-0.15, -0.1) is 0 Å². The minimum Gasteiger partial charge on any atom is -0.464 e. The summed E-state index contributed by atoms with van der Waals surface area (Å²) in [5, 5.41) is 6.35. The van der Waals surface area contributed by atoms with Crippen LogP contribution in [-0.4, -0.2) is 33.6 Å². The molecule has 1 rings (SSSR count). The van der Waals surface area contributed by atoms with E-state index in [-0.39, 0.29) is 5.54 Å². The van der Waals surface area contributed by atoms with E-state index in [1.54, 1.807) is 0 Å². The molecule has 18 heavy (non-hydrogen) atoms. The normalized spacial score (nSPS) is 11.2. The Hall–Kier alpha value is -1.59. The maximum Gasteiger partial charge on any atom is 0.323 e. The van der Waals surface area contributed by atoms with Crippen molar-refractivity contribution in [3.8, 4) is 6.01 Å². The number of rotatable bonds is 6. The van der Waals surface area contributed by atoms with Crippen molar-refractivity contribution in [3.63, 3.8) is 0 Å². The van der Waals surface area contributed by atoms with Gasteiger partial charge in [-0.05, 0) is 34.1 Å². The average Bonchev–Trinajstić information content (AvgIpc) is 2.24. The lowest BCUT2D eigenvalue weighted by molar-refractivity contribution is 0.312. The lowest BCUT2D eigenvalue weighted by atomic mass is 10.1. The van der Waals surface area contributed by atoms with Crippen LogP contribution >= 0.6 is 0 Å². The van der Waals surface area contributed by atoms with Crippen molar-refractivity contribution < 1.29 is 4.74 Å². The summed E-state index contributed by atoms with van der Waals surface area (Å²) in [4.78, 5) is 12.7. The highest BCUT2D eigenvalue weighted by Gasteiger charge is 2.14. The monoisotopic (exact) mass is 253 g/mol. The Morgan fingerprint density at radius 3 is 2.28 bits per heavy atom. The average molecular weight is 253 g/mol. The molecule has 0 aliphatic rings. The van der Waals surface area contributed by atoms with Crippen LogP contribution < -0.4 is 15.4 Å². The molecule has 0 bridgehead atoms. The van der Waals surface area contributed by atoms with Gasteiger partial charge in [0.2, 0.25) is 11.9 Å². The zero-order valence-electron chi connectivity index (χ0n) is 11.9. The standard InChI is InChI=1S/C12H23N5O/c1-6-8-13-9-14-10(17-12(3,4)5)16-11(15-9)18-7-2/h6-8H2,1-5H3,(H2,13,14,15,16,17). The van der Waals surface area contributed by atoms with Gasteiger partial charge in [0.1, 0.15) is 0 Å². The zero-order valence-corrected chi connectivity index (χ0v) is 11.9. The summed E-state index contributed by atoms with van der Waals surface area (Å²) in [5.74, 6) is 1.07. The molecule has 0 aliphatic heterocycles. The molecule has 2 N–H and O–H groups in total. The van der Waals surface area contributed by atoms with Gasteiger partial charge in [-0.1, -0.05) is 6.92 Å². The molecule has 0 amide bonds. The highest BCUT2D eigenvalue weighted by atomic mass is 16.5. The topological polar surface area (TPSA) is 72.0 Å². The highest BCUT2D eigenvalue weighted by Crippen LogP contribution is 2.15. The largest absolute Gasteiger partial charge is 0.464 e. The SMILES string of the molecule is CCCNc1nc(NC(C)(C)C)nc(OCC)n1. The lowest BCUT2D eigenvalue weighted by Gasteiger charge is -2.20. The van der Waals surface area contributed by atoms with E-state index in [1.807, 2.05) is 6.92 Å². The molecule has 0 radical (unpaired) electrons. The van der Waals surface area contributed by atoms with E-state index < -0.39 is 0 Å². The van der Waals surface area contributed by atoms with Crippen LogP contribution in [0.5, 0.6) is 6.01 Å². The molecule has 0 atom stereocenters. The number of anilines is 2. The van der Waals surface area contributed by atoms with Crippen LogP contribution in [0, 0.1) is 0 Å². The van der Waals surface area contributed by atoms with E-state index >= 15 is 0 Å². The van der Waals surface area contributed by atoms with Crippen molar-refractivity contribution in [2.45, 2.75) is 46.6 Å². The number of aromatic nitrogens is 3. The first-order chi connectivity index (χ1) is 8.44. The highest BCUT2D eigenvalue weighted by molar-refractivity contribution is 5.37. The molecule has 1 heterocycles. The van der Waals surface area contributed by atoms with Gasteiger partial charge in [-0.25, -0.2) is 0 Å². The summed E-state index contributed by atoms with van der Waals surface area (Å²) in [6.45, 7) is 11.5. The van der Waals surface area contributed by atoms with Gasteiger partial charge in [-0.3, -0.25) is 0 Å². The van der Waals surface area contributed by atoms with Crippen LogP contribution in [-0.2, 0) is 0 Å². The van der Waals surface area contributed by atoms with Crippen LogP contribution in [0.15, 0.2) is 0 Å². The molecule has 0 spiro atoms. The third-order valence-electron chi connectivity index (χ3n) is 1.91. The van der Waals surface area contributed by atoms with Crippen molar-refractivity contribution in [2.24, 2.45) is 0 Å². The van der Waals surface area contributed by atoms with E-state index in [0.717, 1.165) is 13.0 Å². The summed E-state index contributed by atoms with van der Waals surface area (Å²) in [5.41, 5.74) is -0.104. The number of nitrogens with zero attached hydrogens (tertiary/aromatic N) is 3. The second kappa shape index (κ2) is 6.37. The first kappa shape index (κ1) is 14.5. The van der Waals surface area contributed by atoms with Gasteiger partial charge in [0.15, 0.2) is 0 Å². The molecule has 0 aliphatic carbocycles. The van der Waals surface area contributed by atoms with Crippen molar-refractivity contribution >= 4 is 11.9 Å². The first-order valence-corrected chi connectivity index (χ1v) is 6.35. The lowest BCUT2D eigenvalue weighted by Crippen LogP contribution is -2.27. The molecule has 6 nitrogen and oxygen atoms in total.